The second kappa shape index (κ2) is 6.86. The number of carbonyl (C=O) groups is 2. The minimum atomic E-state index is -0.534. The van der Waals surface area contributed by atoms with Gasteiger partial charge in [-0.05, 0) is 36.8 Å². The molecule has 1 unspecified atom stereocenters. The largest absolute Gasteiger partial charge is 0.463 e. The molecule has 0 bridgehead atoms. The highest BCUT2D eigenvalue weighted by Gasteiger charge is 2.45. The summed E-state index contributed by atoms with van der Waals surface area (Å²) in [6.07, 6.45) is 4.84. The van der Waals surface area contributed by atoms with E-state index in [9.17, 15) is 9.59 Å². The first-order valence-corrected chi connectivity index (χ1v) is 10.1. The minimum Gasteiger partial charge on any atom is -0.463 e. The second-order valence-corrected chi connectivity index (χ2v) is 7.63. The third-order valence-electron chi connectivity index (χ3n) is 4.90. The van der Waals surface area contributed by atoms with Crippen LogP contribution in [0, 0.1) is 0 Å². The summed E-state index contributed by atoms with van der Waals surface area (Å²) in [6, 6.07) is 15.6. The summed E-state index contributed by atoms with van der Waals surface area (Å²) in [5.74, 6) is -0.809. The van der Waals surface area contributed by atoms with Crippen LogP contribution in [0.15, 0.2) is 66.4 Å². The maximum Gasteiger partial charge on any atom is 0.333 e. The van der Waals surface area contributed by atoms with Crippen molar-refractivity contribution in [2.75, 3.05) is 16.4 Å². The molecule has 144 valence electrons. The number of hydrogen-bond donors (Lipinski definition) is 0. The van der Waals surface area contributed by atoms with Gasteiger partial charge >= 0.3 is 5.97 Å². The molecule has 0 spiro atoms. The van der Waals surface area contributed by atoms with Crippen molar-refractivity contribution in [2.24, 2.45) is 0 Å². The lowest BCUT2D eigenvalue weighted by atomic mass is 10.1. The van der Waals surface area contributed by atoms with Crippen LogP contribution in [-0.4, -0.2) is 29.6 Å². The predicted octanol–water partition coefficient (Wildman–Crippen LogP) is 3.95. The number of hydrogen-bond acceptors (Lipinski definition) is 6. The van der Waals surface area contributed by atoms with E-state index in [0.29, 0.717) is 5.13 Å². The standard InChI is InChI=1S/C22H17N3O3S/c1-2-28-20(26)13-17-21(27)25(22-23-15-8-4-6-10-18(15)29-22)19-12-11-14-7-3-5-9-16(14)24(17)19/h3-13,19H,2H2,1H3/b17-13-. The van der Waals surface area contributed by atoms with E-state index in [-0.39, 0.29) is 18.2 Å². The second-order valence-electron chi connectivity index (χ2n) is 6.62. The molecule has 0 aliphatic carbocycles. The Morgan fingerprint density at radius 3 is 2.79 bits per heavy atom. The van der Waals surface area contributed by atoms with Crippen molar-refractivity contribution in [1.29, 1.82) is 0 Å². The number of esters is 1. The van der Waals surface area contributed by atoms with Crippen LogP contribution in [0.4, 0.5) is 10.8 Å². The Morgan fingerprint density at radius 1 is 1.17 bits per heavy atom. The fourth-order valence-corrected chi connectivity index (χ4v) is 4.67. The summed E-state index contributed by atoms with van der Waals surface area (Å²) >= 11 is 1.46. The monoisotopic (exact) mass is 403 g/mol. The first-order valence-electron chi connectivity index (χ1n) is 9.31. The zero-order valence-electron chi connectivity index (χ0n) is 15.6. The van der Waals surface area contributed by atoms with E-state index in [1.165, 1.54) is 17.4 Å². The Balaban J connectivity index is 1.66. The number of anilines is 2. The van der Waals surface area contributed by atoms with Crippen molar-refractivity contribution >= 4 is 50.3 Å². The maximum absolute atomic E-state index is 13.4. The van der Waals surface area contributed by atoms with E-state index in [1.807, 2.05) is 65.6 Å². The number of aromatic nitrogens is 1. The molecule has 3 heterocycles. The molecule has 2 aliphatic heterocycles. The number of fused-ring (bicyclic) bond motifs is 4. The van der Waals surface area contributed by atoms with Crippen LogP contribution in [0.3, 0.4) is 0 Å². The number of benzene rings is 2. The molecule has 2 aromatic carbocycles. The molecule has 6 nitrogen and oxygen atoms in total. The Morgan fingerprint density at radius 2 is 1.97 bits per heavy atom. The van der Waals surface area contributed by atoms with Gasteiger partial charge in [0.1, 0.15) is 11.9 Å². The van der Waals surface area contributed by atoms with Crippen molar-refractivity contribution in [2.45, 2.75) is 13.1 Å². The fraction of sp³-hybridized carbons (Fsp3) is 0.136. The number of carbonyl (C=O) groups excluding carboxylic acids is 2. The van der Waals surface area contributed by atoms with Gasteiger partial charge in [0, 0.05) is 0 Å². The average Bonchev–Trinajstić information content (AvgIpc) is 3.27. The summed E-state index contributed by atoms with van der Waals surface area (Å²) < 4.78 is 6.07. The van der Waals surface area contributed by atoms with Crippen LogP contribution >= 0.6 is 11.3 Å². The number of para-hydroxylation sites is 2. The molecule has 1 atom stereocenters. The normalized spacial score (nSPS) is 19.0. The lowest BCUT2D eigenvalue weighted by Crippen LogP contribution is -2.39. The van der Waals surface area contributed by atoms with Gasteiger partial charge in [0.15, 0.2) is 5.13 Å². The summed E-state index contributed by atoms with van der Waals surface area (Å²) in [7, 11) is 0. The van der Waals surface area contributed by atoms with Crippen molar-refractivity contribution in [1.82, 2.24) is 4.98 Å². The van der Waals surface area contributed by atoms with E-state index >= 15 is 0 Å². The van der Waals surface area contributed by atoms with Gasteiger partial charge in [-0.2, -0.15) is 0 Å². The van der Waals surface area contributed by atoms with E-state index in [0.717, 1.165) is 21.5 Å². The number of nitrogens with zero attached hydrogens (tertiary/aromatic N) is 3. The predicted molar refractivity (Wildman–Crippen MR) is 114 cm³/mol. The third-order valence-corrected chi connectivity index (χ3v) is 5.94. The third kappa shape index (κ3) is 2.82. The van der Waals surface area contributed by atoms with E-state index in [1.54, 1.807) is 11.8 Å². The van der Waals surface area contributed by atoms with Gasteiger partial charge in [0.05, 0.1) is 28.6 Å². The minimum absolute atomic E-state index is 0.248. The van der Waals surface area contributed by atoms with Gasteiger partial charge in [-0.25, -0.2) is 9.78 Å². The molecule has 1 saturated heterocycles. The van der Waals surface area contributed by atoms with Crippen LogP contribution in [0.25, 0.3) is 16.3 Å². The van der Waals surface area contributed by atoms with Crippen LogP contribution in [-0.2, 0) is 14.3 Å². The molecule has 29 heavy (non-hydrogen) atoms. The first kappa shape index (κ1) is 17.6. The van der Waals surface area contributed by atoms with Crippen molar-refractivity contribution in [3.8, 4) is 0 Å². The first-order chi connectivity index (χ1) is 14.2. The molecular formula is C22H17N3O3S. The Bertz CT molecular complexity index is 1160. The highest BCUT2D eigenvalue weighted by atomic mass is 32.1. The van der Waals surface area contributed by atoms with E-state index in [2.05, 4.69) is 4.98 Å². The number of ether oxygens (including phenoxy) is 1. The average molecular weight is 403 g/mol. The number of amides is 1. The molecule has 0 radical (unpaired) electrons. The van der Waals surface area contributed by atoms with Gasteiger partial charge in [0.25, 0.3) is 5.91 Å². The van der Waals surface area contributed by atoms with Gasteiger partial charge in [-0.15, -0.1) is 0 Å². The molecule has 1 aromatic heterocycles. The summed E-state index contributed by atoms with van der Waals surface area (Å²) in [6.45, 7) is 1.99. The number of thiazole rings is 1. The molecule has 1 amide bonds. The molecule has 1 fully saturated rings. The molecule has 7 heteroatoms. The van der Waals surface area contributed by atoms with Crippen molar-refractivity contribution in [3.63, 3.8) is 0 Å². The summed E-state index contributed by atoms with van der Waals surface area (Å²) in [4.78, 5) is 33.8. The van der Waals surface area contributed by atoms with Crippen molar-refractivity contribution in [3.05, 3.63) is 71.9 Å². The SMILES string of the molecule is CCOC(=O)/C=C1/C(=O)N(c2nc3ccccc3s2)C2C=Cc3ccccc3N12. The highest BCUT2D eigenvalue weighted by Crippen LogP contribution is 2.42. The zero-order chi connectivity index (χ0) is 20.0. The van der Waals surface area contributed by atoms with Crippen LogP contribution < -0.4 is 9.80 Å². The number of rotatable bonds is 3. The molecule has 0 saturated carbocycles. The molecule has 0 N–H and O–H groups in total. The van der Waals surface area contributed by atoms with Gasteiger partial charge in [0.2, 0.25) is 0 Å². The van der Waals surface area contributed by atoms with Crippen LogP contribution in [0.5, 0.6) is 0 Å². The van der Waals surface area contributed by atoms with Gasteiger partial charge < -0.3 is 9.64 Å². The highest BCUT2D eigenvalue weighted by molar-refractivity contribution is 7.22. The van der Waals surface area contributed by atoms with Gasteiger partial charge in [-0.1, -0.05) is 47.7 Å². The van der Waals surface area contributed by atoms with Crippen LogP contribution in [0.1, 0.15) is 12.5 Å². The Hall–Kier alpha value is -3.45. The summed E-state index contributed by atoms with van der Waals surface area (Å²) in [5.41, 5.74) is 2.98. The summed E-state index contributed by atoms with van der Waals surface area (Å²) in [5, 5.41) is 0.600. The molecular weight excluding hydrogens is 386 g/mol. The Kier molecular flexibility index (Phi) is 4.17. The van der Waals surface area contributed by atoms with Crippen molar-refractivity contribution < 1.29 is 14.3 Å². The maximum atomic E-state index is 13.4. The van der Waals surface area contributed by atoms with E-state index in [4.69, 9.17) is 4.74 Å². The quantitative estimate of drug-likeness (QED) is 0.490. The van der Waals surface area contributed by atoms with Gasteiger partial charge in [-0.3, -0.25) is 9.69 Å². The Labute approximate surface area is 171 Å². The smallest absolute Gasteiger partial charge is 0.333 e. The fourth-order valence-electron chi connectivity index (χ4n) is 3.68. The topological polar surface area (TPSA) is 62.7 Å². The molecule has 5 rings (SSSR count). The van der Waals surface area contributed by atoms with E-state index < -0.39 is 12.1 Å². The molecule has 2 aliphatic rings. The van der Waals surface area contributed by atoms with Crippen LogP contribution in [0.2, 0.25) is 0 Å². The zero-order valence-corrected chi connectivity index (χ0v) is 16.4. The molecule has 3 aromatic rings. The lowest BCUT2D eigenvalue weighted by molar-refractivity contribution is -0.137. The lowest BCUT2D eigenvalue weighted by Gasteiger charge is -2.31.